The maximum absolute atomic E-state index is 4.18. The van der Waals surface area contributed by atoms with Gasteiger partial charge in [-0.3, -0.25) is 9.67 Å². The van der Waals surface area contributed by atoms with Gasteiger partial charge in [0.1, 0.15) is 0 Å². The third kappa shape index (κ3) is 6.83. The summed E-state index contributed by atoms with van der Waals surface area (Å²) >= 11 is 0. The van der Waals surface area contributed by atoms with Crippen molar-refractivity contribution in [2.45, 2.75) is 32.7 Å². The van der Waals surface area contributed by atoms with E-state index in [1.807, 2.05) is 24.1 Å². The maximum atomic E-state index is 4.18. The number of halogens is 1. The van der Waals surface area contributed by atoms with Crippen LogP contribution in [0.15, 0.2) is 17.4 Å². The van der Waals surface area contributed by atoms with Crippen LogP contribution in [0.5, 0.6) is 0 Å². The molecule has 0 spiro atoms. The van der Waals surface area contributed by atoms with E-state index in [4.69, 9.17) is 0 Å². The van der Waals surface area contributed by atoms with Gasteiger partial charge in [0.2, 0.25) is 0 Å². The van der Waals surface area contributed by atoms with Gasteiger partial charge >= 0.3 is 0 Å². The fourth-order valence-corrected chi connectivity index (χ4v) is 1.46. The van der Waals surface area contributed by atoms with Gasteiger partial charge in [-0.2, -0.15) is 5.10 Å². The molecule has 0 atom stereocenters. The lowest BCUT2D eigenvalue weighted by molar-refractivity contribution is 0.501. The average molecular weight is 365 g/mol. The van der Waals surface area contributed by atoms with Crippen molar-refractivity contribution in [3.8, 4) is 0 Å². The Morgan fingerprint density at radius 3 is 2.56 bits per heavy atom. The molecule has 2 N–H and O–H groups in total. The predicted octanol–water partition coefficient (Wildman–Crippen LogP) is 1.54. The molecule has 5 nitrogen and oxygen atoms in total. The minimum Gasteiger partial charge on any atom is -0.356 e. The van der Waals surface area contributed by atoms with E-state index in [9.17, 15) is 0 Å². The second-order valence-electron chi connectivity index (χ2n) is 5.15. The number of hydrogen-bond acceptors (Lipinski definition) is 2. The van der Waals surface area contributed by atoms with E-state index in [1.54, 1.807) is 7.05 Å². The average Bonchev–Trinajstić information content (AvgIpc) is 2.61. The Balaban J connectivity index is 0.00000289. The lowest BCUT2D eigenvalue weighted by Gasteiger charge is -2.23. The molecule has 0 aliphatic rings. The van der Waals surface area contributed by atoms with Gasteiger partial charge in [0.15, 0.2) is 5.96 Å². The molecule has 0 saturated heterocycles. The molecule has 0 bridgehead atoms. The van der Waals surface area contributed by atoms with Gasteiger partial charge in [-0.1, -0.05) is 0 Å². The molecule has 1 aromatic heterocycles. The summed E-state index contributed by atoms with van der Waals surface area (Å²) in [6, 6.07) is 0. The standard InChI is InChI=1S/C12H23N5.HI/c1-12(2,3)16-11(13-4)14-7-6-10-8-15-17(5)9-10;/h8-9H,6-7H2,1-5H3,(H2,13,14,16);1H. The molecule has 0 amide bonds. The summed E-state index contributed by atoms with van der Waals surface area (Å²) in [6.07, 6.45) is 4.86. The molecule has 0 aromatic carbocycles. The molecule has 18 heavy (non-hydrogen) atoms. The van der Waals surface area contributed by atoms with Crippen molar-refractivity contribution in [1.29, 1.82) is 0 Å². The summed E-state index contributed by atoms with van der Waals surface area (Å²) in [6.45, 7) is 7.18. The lowest BCUT2D eigenvalue weighted by Crippen LogP contribution is -2.47. The van der Waals surface area contributed by atoms with Crippen molar-refractivity contribution in [3.63, 3.8) is 0 Å². The van der Waals surface area contributed by atoms with E-state index in [-0.39, 0.29) is 29.5 Å². The van der Waals surface area contributed by atoms with Crippen LogP contribution in [0.1, 0.15) is 26.3 Å². The molecule has 1 rings (SSSR count). The van der Waals surface area contributed by atoms with E-state index in [2.05, 4.69) is 41.5 Å². The highest BCUT2D eigenvalue weighted by atomic mass is 127. The first kappa shape index (κ1) is 17.2. The molecule has 0 fully saturated rings. The van der Waals surface area contributed by atoms with Gasteiger partial charge in [-0.15, -0.1) is 24.0 Å². The van der Waals surface area contributed by atoms with E-state index in [0.717, 1.165) is 18.9 Å². The molecule has 6 heteroatoms. The largest absolute Gasteiger partial charge is 0.356 e. The molecule has 1 aromatic rings. The molecule has 0 aliphatic heterocycles. The Bertz CT molecular complexity index is 378. The fourth-order valence-electron chi connectivity index (χ4n) is 1.46. The summed E-state index contributed by atoms with van der Waals surface area (Å²) in [7, 11) is 3.71. The predicted molar refractivity (Wildman–Crippen MR) is 86.6 cm³/mol. The summed E-state index contributed by atoms with van der Waals surface area (Å²) in [5.41, 5.74) is 1.25. The molecule has 0 aliphatic carbocycles. The Labute approximate surface area is 126 Å². The third-order valence-electron chi connectivity index (χ3n) is 2.18. The summed E-state index contributed by atoms with van der Waals surface area (Å²) in [5.74, 6) is 0.835. The van der Waals surface area contributed by atoms with E-state index in [0.29, 0.717) is 0 Å². The zero-order valence-electron chi connectivity index (χ0n) is 11.8. The number of hydrogen-bond donors (Lipinski definition) is 2. The Morgan fingerprint density at radius 1 is 1.44 bits per heavy atom. The smallest absolute Gasteiger partial charge is 0.191 e. The number of aliphatic imine (C=N–C) groups is 1. The highest BCUT2D eigenvalue weighted by Crippen LogP contribution is 1.98. The minimum absolute atomic E-state index is 0. The second-order valence-corrected chi connectivity index (χ2v) is 5.15. The van der Waals surface area contributed by atoms with Crippen LogP contribution in [0.2, 0.25) is 0 Å². The van der Waals surface area contributed by atoms with Gasteiger partial charge < -0.3 is 10.6 Å². The zero-order valence-corrected chi connectivity index (χ0v) is 14.1. The van der Waals surface area contributed by atoms with Gasteiger partial charge in [0.05, 0.1) is 6.20 Å². The van der Waals surface area contributed by atoms with Crippen molar-refractivity contribution in [3.05, 3.63) is 18.0 Å². The number of rotatable bonds is 3. The van der Waals surface area contributed by atoms with Crippen LogP contribution >= 0.6 is 24.0 Å². The van der Waals surface area contributed by atoms with Crippen LogP contribution in [0.3, 0.4) is 0 Å². The van der Waals surface area contributed by atoms with E-state index >= 15 is 0 Å². The molecular weight excluding hydrogens is 341 g/mol. The normalized spacial score (nSPS) is 11.9. The van der Waals surface area contributed by atoms with Gasteiger partial charge in [-0.25, -0.2) is 0 Å². The Hall–Kier alpha value is -0.790. The molecule has 0 saturated carbocycles. The van der Waals surface area contributed by atoms with Crippen molar-refractivity contribution >= 4 is 29.9 Å². The van der Waals surface area contributed by atoms with Crippen LogP contribution in [-0.2, 0) is 13.5 Å². The first-order valence-corrected chi connectivity index (χ1v) is 5.87. The number of aryl methyl sites for hydroxylation is 1. The third-order valence-corrected chi connectivity index (χ3v) is 2.18. The summed E-state index contributed by atoms with van der Waals surface area (Å²) < 4.78 is 1.82. The van der Waals surface area contributed by atoms with Gasteiger partial charge in [0, 0.05) is 32.4 Å². The van der Waals surface area contributed by atoms with E-state index < -0.39 is 0 Å². The maximum Gasteiger partial charge on any atom is 0.191 e. The highest BCUT2D eigenvalue weighted by molar-refractivity contribution is 14.0. The second kappa shape index (κ2) is 7.60. The van der Waals surface area contributed by atoms with Crippen molar-refractivity contribution in [2.24, 2.45) is 12.0 Å². The van der Waals surface area contributed by atoms with Crippen LogP contribution in [0, 0.1) is 0 Å². The number of guanidine groups is 1. The van der Waals surface area contributed by atoms with Crippen LogP contribution < -0.4 is 10.6 Å². The zero-order chi connectivity index (χ0) is 12.9. The van der Waals surface area contributed by atoms with Crippen molar-refractivity contribution in [1.82, 2.24) is 20.4 Å². The van der Waals surface area contributed by atoms with Gasteiger partial charge in [-0.05, 0) is 32.8 Å². The monoisotopic (exact) mass is 365 g/mol. The quantitative estimate of drug-likeness (QED) is 0.486. The molecule has 0 radical (unpaired) electrons. The SMILES string of the molecule is CN=C(NCCc1cnn(C)c1)NC(C)(C)C.I. The van der Waals surface area contributed by atoms with Crippen LogP contribution in [-0.4, -0.2) is 34.9 Å². The summed E-state index contributed by atoms with van der Waals surface area (Å²) in [5, 5.41) is 10.7. The Kier molecular flexibility index (Phi) is 7.27. The molecule has 1 heterocycles. The number of nitrogens with one attached hydrogen (secondary N) is 2. The first-order valence-electron chi connectivity index (χ1n) is 5.87. The number of nitrogens with zero attached hydrogens (tertiary/aromatic N) is 3. The van der Waals surface area contributed by atoms with Crippen molar-refractivity contribution in [2.75, 3.05) is 13.6 Å². The van der Waals surface area contributed by atoms with Crippen LogP contribution in [0.4, 0.5) is 0 Å². The van der Waals surface area contributed by atoms with Crippen molar-refractivity contribution < 1.29 is 0 Å². The Morgan fingerprint density at radius 2 is 2.11 bits per heavy atom. The van der Waals surface area contributed by atoms with Crippen LogP contribution in [0.25, 0.3) is 0 Å². The first-order chi connectivity index (χ1) is 7.90. The topological polar surface area (TPSA) is 54.2 Å². The molecule has 0 unspecified atom stereocenters. The molecular formula is C12H24IN5. The summed E-state index contributed by atoms with van der Waals surface area (Å²) in [4.78, 5) is 4.18. The number of aromatic nitrogens is 2. The fraction of sp³-hybridized carbons (Fsp3) is 0.667. The highest BCUT2D eigenvalue weighted by Gasteiger charge is 2.11. The van der Waals surface area contributed by atoms with E-state index in [1.165, 1.54) is 5.56 Å². The molecule has 104 valence electrons. The van der Waals surface area contributed by atoms with Gasteiger partial charge in [0.25, 0.3) is 0 Å². The minimum atomic E-state index is 0. The lowest BCUT2D eigenvalue weighted by atomic mass is 10.1.